The quantitative estimate of drug-likeness (QED) is 0.582. The van der Waals surface area contributed by atoms with Crippen molar-refractivity contribution in [3.63, 3.8) is 0 Å². The minimum absolute atomic E-state index is 0.463. The number of aromatic nitrogens is 5. The average molecular weight is 347 g/mol. The van der Waals surface area contributed by atoms with Crippen molar-refractivity contribution in [1.82, 2.24) is 29.9 Å². The second kappa shape index (κ2) is 5.81. The van der Waals surface area contributed by atoms with E-state index in [2.05, 4.69) is 45.3 Å². The summed E-state index contributed by atoms with van der Waals surface area (Å²) < 4.78 is 1.97. The monoisotopic (exact) mass is 347 g/mol. The first kappa shape index (κ1) is 15.3. The van der Waals surface area contributed by atoms with Crippen LogP contribution in [-0.4, -0.2) is 50.2 Å². The SMILES string of the molecule is Cc1nc2ccc(N3CCN[C@H](C)C3)nn2c1-c1ccnc2[nH]ccc12. The Kier molecular flexibility index (Phi) is 3.43. The molecule has 0 spiro atoms. The number of hydrogen-bond donors (Lipinski definition) is 2. The highest BCUT2D eigenvalue weighted by atomic mass is 15.3. The summed E-state index contributed by atoms with van der Waals surface area (Å²) in [4.78, 5) is 14.6. The summed E-state index contributed by atoms with van der Waals surface area (Å²) in [5.74, 6) is 0.990. The van der Waals surface area contributed by atoms with Crippen molar-refractivity contribution in [2.45, 2.75) is 19.9 Å². The number of aryl methyl sites for hydroxylation is 1. The van der Waals surface area contributed by atoms with Gasteiger partial charge in [-0.05, 0) is 38.1 Å². The van der Waals surface area contributed by atoms with Gasteiger partial charge in [0.25, 0.3) is 0 Å². The summed E-state index contributed by atoms with van der Waals surface area (Å²) in [6.45, 7) is 7.14. The maximum absolute atomic E-state index is 4.94. The number of anilines is 1. The van der Waals surface area contributed by atoms with Crippen LogP contribution >= 0.6 is 0 Å². The van der Waals surface area contributed by atoms with Crippen LogP contribution < -0.4 is 10.2 Å². The summed E-state index contributed by atoms with van der Waals surface area (Å²) in [6, 6.07) is 8.68. The second-order valence-corrected chi connectivity index (χ2v) is 6.91. The van der Waals surface area contributed by atoms with Gasteiger partial charge in [-0.15, -0.1) is 5.10 Å². The van der Waals surface area contributed by atoms with Crippen LogP contribution in [-0.2, 0) is 0 Å². The number of hydrogen-bond acceptors (Lipinski definition) is 5. The molecule has 0 aromatic carbocycles. The Balaban J connectivity index is 1.69. The van der Waals surface area contributed by atoms with Gasteiger partial charge in [0.2, 0.25) is 0 Å². The normalized spacial score (nSPS) is 18.1. The molecule has 1 fully saturated rings. The molecule has 1 atom stereocenters. The fourth-order valence-corrected chi connectivity index (χ4v) is 3.82. The fourth-order valence-electron chi connectivity index (χ4n) is 3.82. The lowest BCUT2D eigenvalue weighted by Crippen LogP contribution is -2.49. The number of fused-ring (bicyclic) bond motifs is 2. The first-order valence-corrected chi connectivity index (χ1v) is 8.98. The van der Waals surface area contributed by atoms with Gasteiger partial charge in [-0.25, -0.2) is 14.5 Å². The smallest absolute Gasteiger partial charge is 0.154 e. The molecule has 0 unspecified atom stereocenters. The minimum atomic E-state index is 0.463. The number of H-pyrrole nitrogens is 1. The molecule has 0 bridgehead atoms. The Morgan fingerprint density at radius 3 is 3.00 bits per heavy atom. The van der Waals surface area contributed by atoms with Crippen molar-refractivity contribution >= 4 is 22.5 Å². The standard InChI is InChI=1S/C19H21N7/c1-12-11-25(10-9-20-12)17-4-3-16-23-13(2)18(26(16)24-17)14-5-7-21-19-15(14)6-8-22-19/h3-8,12,20H,9-11H2,1-2H3,(H,21,22)/t12-/m1/s1. The summed E-state index contributed by atoms with van der Waals surface area (Å²) in [5, 5.41) is 9.51. The van der Waals surface area contributed by atoms with Gasteiger partial charge >= 0.3 is 0 Å². The van der Waals surface area contributed by atoms with Gasteiger partial charge in [-0.3, -0.25) is 0 Å². The maximum atomic E-state index is 4.94. The molecule has 26 heavy (non-hydrogen) atoms. The van der Waals surface area contributed by atoms with Crippen molar-refractivity contribution in [2.24, 2.45) is 0 Å². The van der Waals surface area contributed by atoms with Gasteiger partial charge in [-0.1, -0.05) is 0 Å². The highest BCUT2D eigenvalue weighted by Gasteiger charge is 2.20. The van der Waals surface area contributed by atoms with Crippen LogP contribution in [0.5, 0.6) is 0 Å². The predicted molar refractivity (Wildman–Crippen MR) is 102 cm³/mol. The van der Waals surface area contributed by atoms with Gasteiger partial charge in [0.15, 0.2) is 5.65 Å². The van der Waals surface area contributed by atoms with E-state index < -0.39 is 0 Å². The lowest BCUT2D eigenvalue weighted by atomic mass is 10.1. The summed E-state index contributed by atoms with van der Waals surface area (Å²) in [5.41, 5.74) is 4.84. The predicted octanol–water partition coefficient (Wildman–Crippen LogP) is 2.38. The third-order valence-corrected chi connectivity index (χ3v) is 5.05. The topological polar surface area (TPSA) is 74.1 Å². The average Bonchev–Trinajstić information content (AvgIpc) is 3.24. The molecule has 1 aliphatic heterocycles. The van der Waals surface area contributed by atoms with E-state index in [0.29, 0.717) is 6.04 Å². The van der Waals surface area contributed by atoms with Crippen molar-refractivity contribution in [2.75, 3.05) is 24.5 Å². The van der Waals surface area contributed by atoms with Crippen LogP contribution in [0.1, 0.15) is 12.6 Å². The van der Waals surface area contributed by atoms with Crippen LogP contribution in [0.4, 0.5) is 5.82 Å². The number of pyridine rings is 1. The molecule has 7 heteroatoms. The molecule has 4 aromatic heterocycles. The molecule has 0 aliphatic carbocycles. The summed E-state index contributed by atoms with van der Waals surface area (Å²) >= 11 is 0. The van der Waals surface area contributed by atoms with Gasteiger partial charge in [0, 0.05) is 49.0 Å². The maximum Gasteiger partial charge on any atom is 0.154 e. The zero-order valence-electron chi connectivity index (χ0n) is 14.9. The van der Waals surface area contributed by atoms with Crippen LogP contribution in [0.3, 0.4) is 0 Å². The van der Waals surface area contributed by atoms with Gasteiger partial charge in [-0.2, -0.15) is 0 Å². The lowest BCUT2D eigenvalue weighted by molar-refractivity contribution is 0.481. The van der Waals surface area contributed by atoms with Crippen LogP contribution in [0.2, 0.25) is 0 Å². The molecule has 1 aliphatic rings. The third kappa shape index (κ3) is 2.35. The van der Waals surface area contributed by atoms with Gasteiger partial charge in [0.05, 0.1) is 11.4 Å². The third-order valence-electron chi connectivity index (χ3n) is 5.05. The zero-order chi connectivity index (χ0) is 17.7. The Morgan fingerprint density at radius 2 is 2.12 bits per heavy atom. The Labute approximate surface area is 151 Å². The van der Waals surface area contributed by atoms with Crippen molar-refractivity contribution in [3.8, 4) is 11.3 Å². The molecule has 0 amide bonds. The Hall–Kier alpha value is -2.93. The molecule has 4 aromatic rings. The summed E-state index contributed by atoms with van der Waals surface area (Å²) in [7, 11) is 0. The first-order valence-electron chi connectivity index (χ1n) is 8.98. The lowest BCUT2D eigenvalue weighted by Gasteiger charge is -2.32. The number of nitrogens with one attached hydrogen (secondary N) is 2. The van der Waals surface area contributed by atoms with Crippen LogP contribution in [0, 0.1) is 6.92 Å². The van der Waals surface area contributed by atoms with Crippen LogP contribution in [0.15, 0.2) is 36.7 Å². The number of nitrogens with zero attached hydrogens (tertiary/aromatic N) is 5. The molecule has 0 saturated carbocycles. The molecular formula is C19H21N7. The molecule has 7 nitrogen and oxygen atoms in total. The van der Waals surface area contributed by atoms with E-state index in [1.165, 1.54) is 0 Å². The second-order valence-electron chi connectivity index (χ2n) is 6.91. The van der Waals surface area contributed by atoms with E-state index in [1.54, 1.807) is 0 Å². The van der Waals surface area contributed by atoms with Crippen molar-refractivity contribution < 1.29 is 0 Å². The Morgan fingerprint density at radius 1 is 1.19 bits per heavy atom. The molecular weight excluding hydrogens is 326 g/mol. The van der Waals surface area contributed by atoms with E-state index in [4.69, 9.17) is 10.1 Å². The summed E-state index contributed by atoms with van der Waals surface area (Å²) in [6.07, 6.45) is 3.75. The Bertz CT molecular complexity index is 1090. The molecule has 5 heterocycles. The van der Waals surface area contributed by atoms with E-state index in [-0.39, 0.29) is 0 Å². The highest BCUT2D eigenvalue weighted by molar-refractivity contribution is 5.93. The van der Waals surface area contributed by atoms with Gasteiger partial charge in [0.1, 0.15) is 11.5 Å². The van der Waals surface area contributed by atoms with E-state index in [9.17, 15) is 0 Å². The number of imidazole rings is 1. The van der Waals surface area contributed by atoms with E-state index in [0.717, 1.165) is 59.1 Å². The van der Waals surface area contributed by atoms with E-state index in [1.807, 2.05) is 29.9 Å². The van der Waals surface area contributed by atoms with E-state index >= 15 is 0 Å². The molecule has 2 N–H and O–H groups in total. The van der Waals surface area contributed by atoms with Crippen molar-refractivity contribution in [1.29, 1.82) is 0 Å². The zero-order valence-corrected chi connectivity index (χ0v) is 14.9. The number of piperazine rings is 1. The molecule has 1 saturated heterocycles. The largest absolute Gasteiger partial charge is 0.352 e. The van der Waals surface area contributed by atoms with Crippen LogP contribution in [0.25, 0.3) is 27.9 Å². The highest BCUT2D eigenvalue weighted by Crippen LogP contribution is 2.30. The molecule has 0 radical (unpaired) electrons. The van der Waals surface area contributed by atoms with Gasteiger partial charge < -0.3 is 15.2 Å². The van der Waals surface area contributed by atoms with Crippen molar-refractivity contribution in [3.05, 3.63) is 42.4 Å². The molecule has 5 rings (SSSR count). The molecule has 132 valence electrons. The fraction of sp³-hybridized carbons (Fsp3) is 0.316. The number of rotatable bonds is 2. The first-order chi connectivity index (χ1) is 12.7. The minimum Gasteiger partial charge on any atom is -0.352 e. The number of aromatic amines is 1.